The maximum Gasteiger partial charge on any atom is 0.243 e. The molecule has 1 aliphatic rings. The van der Waals surface area contributed by atoms with Crippen LogP contribution in [0.3, 0.4) is 0 Å². The van der Waals surface area contributed by atoms with Gasteiger partial charge in [0.25, 0.3) is 0 Å². The van der Waals surface area contributed by atoms with Gasteiger partial charge in [0.1, 0.15) is 5.82 Å². The van der Waals surface area contributed by atoms with Gasteiger partial charge in [-0.3, -0.25) is 0 Å². The Kier molecular flexibility index (Phi) is 3.57. The van der Waals surface area contributed by atoms with Gasteiger partial charge >= 0.3 is 0 Å². The van der Waals surface area contributed by atoms with E-state index in [9.17, 15) is 12.8 Å². The monoisotopic (exact) mass is 286 g/mol. The van der Waals surface area contributed by atoms with E-state index in [4.69, 9.17) is 5.73 Å². The van der Waals surface area contributed by atoms with Gasteiger partial charge in [-0.15, -0.1) is 0 Å². The molecule has 4 nitrogen and oxygen atoms in total. The Bertz CT molecular complexity index is 578. The fraction of sp³-hybridized carbons (Fsp3) is 0.538. The molecule has 0 spiro atoms. The lowest BCUT2D eigenvalue weighted by Crippen LogP contribution is -2.34. The number of nitrogens with zero attached hydrogens (tertiary/aromatic N) is 1. The maximum absolute atomic E-state index is 13.7. The number of halogens is 1. The predicted molar refractivity (Wildman–Crippen MR) is 72.7 cm³/mol. The third-order valence-electron chi connectivity index (χ3n) is 3.69. The number of hydrogen-bond acceptors (Lipinski definition) is 3. The Morgan fingerprint density at radius 2 is 2.00 bits per heavy atom. The van der Waals surface area contributed by atoms with E-state index in [1.54, 1.807) is 0 Å². The molecule has 1 saturated heterocycles. The zero-order chi connectivity index (χ0) is 14.4. The molecule has 1 aromatic rings. The molecule has 1 fully saturated rings. The van der Waals surface area contributed by atoms with E-state index in [2.05, 4.69) is 0 Å². The van der Waals surface area contributed by atoms with Gasteiger partial charge in [0.15, 0.2) is 0 Å². The van der Waals surface area contributed by atoms with Crippen molar-refractivity contribution >= 4 is 15.7 Å². The molecule has 1 heterocycles. The standard InChI is InChI=1S/C13H19FN2O2S/c1-8-4-9(2)16(7-8)19(17,18)11-5-12(14)10(3)13(15)6-11/h5-6,8-9H,4,7,15H2,1-3H3. The molecule has 1 aliphatic heterocycles. The highest BCUT2D eigenvalue weighted by atomic mass is 32.2. The lowest BCUT2D eigenvalue weighted by atomic mass is 10.1. The molecule has 0 radical (unpaired) electrons. The summed E-state index contributed by atoms with van der Waals surface area (Å²) in [5, 5.41) is 0. The van der Waals surface area contributed by atoms with Crippen molar-refractivity contribution in [2.24, 2.45) is 5.92 Å². The number of anilines is 1. The molecular weight excluding hydrogens is 267 g/mol. The molecule has 106 valence electrons. The minimum absolute atomic E-state index is 0.0611. The van der Waals surface area contributed by atoms with Crippen LogP contribution in [0, 0.1) is 18.7 Å². The normalized spacial score (nSPS) is 24.8. The Morgan fingerprint density at radius 3 is 2.47 bits per heavy atom. The summed E-state index contributed by atoms with van der Waals surface area (Å²) in [6.45, 7) is 5.88. The fourth-order valence-corrected chi connectivity index (χ4v) is 4.36. The summed E-state index contributed by atoms with van der Waals surface area (Å²) in [5.74, 6) is -0.268. The summed E-state index contributed by atoms with van der Waals surface area (Å²) in [6, 6.07) is 2.32. The molecule has 2 unspecified atom stereocenters. The maximum atomic E-state index is 13.7. The van der Waals surface area contributed by atoms with Gasteiger partial charge in [-0.25, -0.2) is 12.8 Å². The largest absolute Gasteiger partial charge is 0.398 e. The highest BCUT2D eigenvalue weighted by Gasteiger charge is 2.36. The average molecular weight is 286 g/mol. The average Bonchev–Trinajstić information content (AvgIpc) is 2.65. The number of benzene rings is 1. The minimum Gasteiger partial charge on any atom is -0.398 e. The Hall–Kier alpha value is -1.14. The van der Waals surface area contributed by atoms with Crippen LogP contribution in [0.25, 0.3) is 0 Å². The molecule has 2 atom stereocenters. The first-order valence-electron chi connectivity index (χ1n) is 6.31. The van der Waals surface area contributed by atoms with Crippen molar-refractivity contribution in [2.75, 3.05) is 12.3 Å². The van der Waals surface area contributed by atoms with Crippen molar-refractivity contribution in [1.82, 2.24) is 4.31 Å². The molecule has 0 amide bonds. The van der Waals surface area contributed by atoms with Gasteiger partial charge in [-0.1, -0.05) is 6.92 Å². The summed E-state index contributed by atoms with van der Waals surface area (Å²) >= 11 is 0. The lowest BCUT2D eigenvalue weighted by Gasteiger charge is -2.21. The fourth-order valence-electron chi connectivity index (χ4n) is 2.56. The van der Waals surface area contributed by atoms with E-state index in [-0.39, 0.29) is 22.2 Å². The SMILES string of the molecule is Cc1c(N)cc(S(=O)(=O)N2CC(C)CC2C)cc1F. The van der Waals surface area contributed by atoms with Crippen molar-refractivity contribution in [3.63, 3.8) is 0 Å². The predicted octanol–water partition coefficient (Wildman–Crippen LogP) is 2.14. The van der Waals surface area contributed by atoms with E-state index in [0.29, 0.717) is 12.5 Å². The second kappa shape index (κ2) is 4.76. The van der Waals surface area contributed by atoms with Crippen LogP contribution in [0.2, 0.25) is 0 Å². The molecule has 2 N–H and O–H groups in total. The molecule has 1 aromatic carbocycles. The molecule has 0 aliphatic carbocycles. The number of hydrogen-bond donors (Lipinski definition) is 1. The molecular formula is C13H19FN2O2S. The number of nitrogens with two attached hydrogens (primary N) is 1. The summed E-state index contributed by atoms with van der Waals surface area (Å²) < 4.78 is 40.1. The topological polar surface area (TPSA) is 63.4 Å². The van der Waals surface area contributed by atoms with Gasteiger partial charge in [0.2, 0.25) is 10.0 Å². The Labute approximate surface area is 113 Å². The van der Waals surface area contributed by atoms with Crippen LogP contribution in [0.4, 0.5) is 10.1 Å². The van der Waals surface area contributed by atoms with Gasteiger partial charge in [0, 0.05) is 23.8 Å². The quantitative estimate of drug-likeness (QED) is 0.847. The zero-order valence-corrected chi connectivity index (χ0v) is 12.2. The first kappa shape index (κ1) is 14.3. The second-order valence-electron chi connectivity index (χ2n) is 5.38. The van der Waals surface area contributed by atoms with Crippen LogP contribution < -0.4 is 5.73 Å². The number of rotatable bonds is 2. The molecule has 0 saturated carbocycles. The van der Waals surface area contributed by atoms with Crippen LogP contribution in [0.15, 0.2) is 17.0 Å². The van der Waals surface area contributed by atoms with E-state index in [1.165, 1.54) is 17.3 Å². The second-order valence-corrected chi connectivity index (χ2v) is 7.27. The molecule has 0 bridgehead atoms. The smallest absolute Gasteiger partial charge is 0.243 e. The highest BCUT2D eigenvalue weighted by molar-refractivity contribution is 7.89. The summed E-state index contributed by atoms with van der Waals surface area (Å²) in [7, 11) is -3.67. The third-order valence-corrected chi connectivity index (χ3v) is 5.65. The summed E-state index contributed by atoms with van der Waals surface area (Å²) in [5.41, 5.74) is 6.10. The van der Waals surface area contributed by atoms with Crippen LogP contribution >= 0.6 is 0 Å². The van der Waals surface area contributed by atoms with E-state index < -0.39 is 15.8 Å². The molecule has 6 heteroatoms. The minimum atomic E-state index is -3.67. The van der Waals surface area contributed by atoms with E-state index >= 15 is 0 Å². The van der Waals surface area contributed by atoms with Gasteiger partial charge in [0.05, 0.1) is 4.90 Å². The van der Waals surface area contributed by atoms with Gasteiger partial charge < -0.3 is 5.73 Å². The number of nitrogen functional groups attached to an aromatic ring is 1. The molecule has 2 rings (SSSR count). The first-order valence-corrected chi connectivity index (χ1v) is 7.75. The first-order chi connectivity index (χ1) is 8.73. The Balaban J connectivity index is 2.46. The van der Waals surface area contributed by atoms with Crippen molar-refractivity contribution in [3.8, 4) is 0 Å². The molecule has 19 heavy (non-hydrogen) atoms. The Morgan fingerprint density at radius 1 is 1.37 bits per heavy atom. The summed E-state index contributed by atoms with van der Waals surface area (Å²) in [4.78, 5) is -0.0611. The van der Waals surface area contributed by atoms with E-state index in [1.807, 2.05) is 13.8 Å². The lowest BCUT2D eigenvalue weighted by molar-refractivity contribution is 0.405. The zero-order valence-electron chi connectivity index (χ0n) is 11.4. The summed E-state index contributed by atoms with van der Waals surface area (Å²) in [6.07, 6.45) is 0.822. The molecule has 0 aromatic heterocycles. The van der Waals surface area contributed by atoms with Crippen molar-refractivity contribution < 1.29 is 12.8 Å². The van der Waals surface area contributed by atoms with Crippen LogP contribution in [0.1, 0.15) is 25.8 Å². The third kappa shape index (κ3) is 2.47. The van der Waals surface area contributed by atoms with Gasteiger partial charge in [-0.05, 0) is 38.3 Å². The van der Waals surface area contributed by atoms with Crippen molar-refractivity contribution in [1.29, 1.82) is 0 Å². The van der Waals surface area contributed by atoms with Crippen LogP contribution in [0.5, 0.6) is 0 Å². The van der Waals surface area contributed by atoms with Gasteiger partial charge in [-0.2, -0.15) is 4.31 Å². The van der Waals surface area contributed by atoms with Crippen LogP contribution in [-0.4, -0.2) is 25.3 Å². The van der Waals surface area contributed by atoms with Crippen molar-refractivity contribution in [2.45, 2.75) is 38.1 Å². The van der Waals surface area contributed by atoms with Crippen LogP contribution in [-0.2, 0) is 10.0 Å². The van der Waals surface area contributed by atoms with E-state index in [0.717, 1.165) is 12.5 Å². The van der Waals surface area contributed by atoms with Crippen molar-refractivity contribution in [3.05, 3.63) is 23.5 Å². The number of sulfonamides is 1. The highest BCUT2D eigenvalue weighted by Crippen LogP contribution is 2.30.